The van der Waals surface area contributed by atoms with E-state index < -0.39 is 0 Å². The summed E-state index contributed by atoms with van der Waals surface area (Å²) in [5.74, 6) is 0. The lowest BCUT2D eigenvalue weighted by molar-refractivity contribution is 0.660. The number of rotatable bonds is 8. The molecular formula is C63H45NO. The van der Waals surface area contributed by atoms with Gasteiger partial charge in [-0.3, -0.25) is 0 Å². The molecule has 1 aromatic heterocycles. The highest BCUT2D eigenvalue weighted by Crippen LogP contribution is 2.51. The molecule has 1 aliphatic rings. The molecule has 2 heteroatoms. The lowest BCUT2D eigenvalue weighted by atomic mass is 9.82. The van der Waals surface area contributed by atoms with E-state index in [1.165, 1.54) is 33.4 Å². The van der Waals surface area contributed by atoms with Gasteiger partial charge in [0.05, 0.1) is 11.4 Å². The summed E-state index contributed by atoms with van der Waals surface area (Å²) in [5.41, 5.74) is 21.8. The van der Waals surface area contributed by atoms with Crippen LogP contribution in [-0.2, 0) is 5.41 Å². The zero-order chi connectivity index (χ0) is 43.5. The van der Waals surface area contributed by atoms with Crippen LogP contribution in [-0.4, -0.2) is 0 Å². The molecule has 1 heterocycles. The highest BCUT2D eigenvalue weighted by atomic mass is 16.3. The van der Waals surface area contributed by atoms with E-state index in [0.29, 0.717) is 0 Å². The number of furan rings is 1. The predicted molar refractivity (Wildman–Crippen MR) is 273 cm³/mol. The Labute approximate surface area is 380 Å². The van der Waals surface area contributed by atoms with Crippen molar-refractivity contribution < 1.29 is 4.42 Å². The van der Waals surface area contributed by atoms with E-state index in [-0.39, 0.29) is 5.41 Å². The number of benzene rings is 10. The van der Waals surface area contributed by atoms with E-state index in [1.54, 1.807) is 0 Å². The average Bonchev–Trinajstić information content (AvgIpc) is 3.85. The van der Waals surface area contributed by atoms with Gasteiger partial charge in [0.15, 0.2) is 0 Å². The summed E-state index contributed by atoms with van der Waals surface area (Å²) in [6, 6.07) is 86.0. The first-order valence-electron chi connectivity index (χ1n) is 22.5. The first-order valence-corrected chi connectivity index (χ1v) is 22.5. The van der Waals surface area contributed by atoms with E-state index in [4.69, 9.17) is 4.42 Å². The molecular weight excluding hydrogens is 787 g/mol. The maximum absolute atomic E-state index is 6.52. The normalized spacial score (nSPS) is 12.6. The Bertz CT molecular complexity index is 3580. The molecule has 308 valence electrons. The van der Waals surface area contributed by atoms with Crippen LogP contribution in [0.4, 0.5) is 17.1 Å². The van der Waals surface area contributed by atoms with Crippen LogP contribution in [0.1, 0.15) is 25.0 Å². The van der Waals surface area contributed by atoms with Gasteiger partial charge in [-0.1, -0.05) is 196 Å². The van der Waals surface area contributed by atoms with Gasteiger partial charge in [-0.25, -0.2) is 0 Å². The zero-order valence-corrected chi connectivity index (χ0v) is 36.4. The fourth-order valence-corrected chi connectivity index (χ4v) is 10.3. The van der Waals surface area contributed by atoms with Crippen LogP contribution in [0.2, 0.25) is 0 Å². The van der Waals surface area contributed by atoms with Crippen molar-refractivity contribution in [3.8, 4) is 66.8 Å². The molecule has 0 aliphatic heterocycles. The smallest absolute Gasteiger partial charge is 0.136 e. The van der Waals surface area contributed by atoms with Gasteiger partial charge in [0.25, 0.3) is 0 Å². The third-order valence-corrected chi connectivity index (χ3v) is 13.5. The molecule has 0 fully saturated rings. The molecule has 0 bridgehead atoms. The molecule has 0 atom stereocenters. The summed E-state index contributed by atoms with van der Waals surface area (Å²) in [7, 11) is 0. The standard InChI is InChI=1S/C63H45NO/c1-63(2)56-30-12-9-27-52(56)55-40-46(35-37-57(55)63)45-23-16-25-49(39-45)64(58-31-13-10-26-50(58)43-20-7-4-8-21-43)59-32-17-29-51(47-34-36-54-53-28-11-14-33-60(53)65-61(54)41-47)62(59)48-24-15-22-44(38-48)42-18-5-3-6-19-42/h3-41H,1-2H3. The van der Waals surface area contributed by atoms with Crippen LogP contribution in [0, 0.1) is 0 Å². The predicted octanol–water partition coefficient (Wildman–Crippen LogP) is 17.7. The number of hydrogen-bond donors (Lipinski definition) is 0. The van der Waals surface area contributed by atoms with Crippen LogP contribution in [0.3, 0.4) is 0 Å². The molecule has 0 spiro atoms. The van der Waals surface area contributed by atoms with Crippen LogP contribution in [0.15, 0.2) is 241 Å². The fourth-order valence-electron chi connectivity index (χ4n) is 10.3. The SMILES string of the molecule is CC1(C)c2ccccc2-c2cc(-c3cccc(N(c4ccccc4-c4ccccc4)c4cccc(-c5ccc6c(c5)oc5ccccc56)c4-c4cccc(-c5ccccc5)c4)c3)ccc21. The number of para-hydroxylation sites is 2. The summed E-state index contributed by atoms with van der Waals surface area (Å²) in [6.45, 7) is 4.69. The average molecular weight is 832 g/mol. The molecule has 0 N–H and O–H groups in total. The summed E-state index contributed by atoms with van der Waals surface area (Å²) < 4.78 is 6.52. The first-order chi connectivity index (χ1) is 32.0. The van der Waals surface area contributed by atoms with Crippen molar-refractivity contribution >= 4 is 39.0 Å². The molecule has 2 nitrogen and oxygen atoms in total. The van der Waals surface area contributed by atoms with Gasteiger partial charge in [-0.15, -0.1) is 0 Å². The monoisotopic (exact) mass is 831 g/mol. The van der Waals surface area contributed by atoms with Crippen LogP contribution >= 0.6 is 0 Å². The number of anilines is 3. The highest BCUT2D eigenvalue weighted by Gasteiger charge is 2.35. The van der Waals surface area contributed by atoms with E-state index in [9.17, 15) is 0 Å². The van der Waals surface area contributed by atoms with Gasteiger partial charge >= 0.3 is 0 Å². The van der Waals surface area contributed by atoms with Crippen molar-refractivity contribution in [2.24, 2.45) is 0 Å². The van der Waals surface area contributed by atoms with E-state index in [1.807, 2.05) is 6.07 Å². The molecule has 1 aliphatic carbocycles. The summed E-state index contributed by atoms with van der Waals surface area (Å²) in [5, 5.41) is 2.24. The molecule has 0 saturated carbocycles. The van der Waals surface area contributed by atoms with Gasteiger partial charge in [-0.2, -0.15) is 0 Å². The Kier molecular flexibility index (Phi) is 9.21. The van der Waals surface area contributed by atoms with Crippen LogP contribution < -0.4 is 4.90 Å². The van der Waals surface area contributed by atoms with Crippen molar-refractivity contribution in [2.75, 3.05) is 4.90 Å². The minimum absolute atomic E-state index is 0.0571. The largest absolute Gasteiger partial charge is 0.456 e. The highest BCUT2D eigenvalue weighted by molar-refractivity contribution is 6.07. The van der Waals surface area contributed by atoms with E-state index in [0.717, 1.165) is 83.5 Å². The number of fused-ring (bicyclic) bond motifs is 6. The van der Waals surface area contributed by atoms with E-state index >= 15 is 0 Å². The summed E-state index contributed by atoms with van der Waals surface area (Å²) in [6.07, 6.45) is 0. The Hall–Kier alpha value is -8.20. The minimum atomic E-state index is -0.0571. The maximum Gasteiger partial charge on any atom is 0.136 e. The lowest BCUT2D eigenvalue weighted by Gasteiger charge is -2.31. The summed E-state index contributed by atoms with van der Waals surface area (Å²) in [4.78, 5) is 2.48. The van der Waals surface area contributed by atoms with Gasteiger partial charge in [0, 0.05) is 33.0 Å². The molecule has 0 amide bonds. The Balaban J connectivity index is 1.11. The molecule has 10 aromatic carbocycles. The Morgan fingerprint density at radius 2 is 0.892 bits per heavy atom. The topological polar surface area (TPSA) is 16.4 Å². The number of hydrogen-bond acceptors (Lipinski definition) is 2. The quantitative estimate of drug-likeness (QED) is 0.152. The number of nitrogens with zero attached hydrogens (tertiary/aromatic N) is 1. The van der Waals surface area contributed by atoms with Crippen molar-refractivity contribution in [1.82, 2.24) is 0 Å². The maximum atomic E-state index is 6.52. The van der Waals surface area contributed by atoms with Gasteiger partial charge < -0.3 is 9.32 Å². The molecule has 0 saturated heterocycles. The zero-order valence-electron chi connectivity index (χ0n) is 36.4. The van der Waals surface area contributed by atoms with E-state index in [2.05, 4.69) is 249 Å². The van der Waals surface area contributed by atoms with Gasteiger partial charge in [0.1, 0.15) is 11.2 Å². The van der Waals surface area contributed by atoms with Crippen molar-refractivity contribution in [1.29, 1.82) is 0 Å². The van der Waals surface area contributed by atoms with Crippen LogP contribution in [0.25, 0.3) is 88.7 Å². The van der Waals surface area contributed by atoms with Crippen LogP contribution in [0.5, 0.6) is 0 Å². The second-order valence-corrected chi connectivity index (χ2v) is 17.7. The minimum Gasteiger partial charge on any atom is -0.456 e. The van der Waals surface area contributed by atoms with Crippen molar-refractivity contribution in [2.45, 2.75) is 19.3 Å². The Morgan fingerprint density at radius 1 is 0.323 bits per heavy atom. The van der Waals surface area contributed by atoms with Gasteiger partial charge in [0.2, 0.25) is 0 Å². The molecule has 11 aromatic rings. The van der Waals surface area contributed by atoms with Gasteiger partial charge in [-0.05, 0) is 121 Å². The fraction of sp³-hybridized carbons (Fsp3) is 0.0476. The molecule has 0 radical (unpaired) electrons. The second kappa shape index (κ2) is 15.6. The third-order valence-electron chi connectivity index (χ3n) is 13.5. The summed E-state index contributed by atoms with van der Waals surface area (Å²) >= 11 is 0. The Morgan fingerprint density at radius 3 is 1.74 bits per heavy atom. The lowest BCUT2D eigenvalue weighted by Crippen LogP contribution is -2.14. The molecule has 65 heavy (non-hydrogen) atoms. The second-order valence-electron chi connectivity index (χ2n) is 17.7. The van der Waals surface area contributed by atoms with Crippen molar-refractivity contribution in [3.05, 3.63) is 248 Å². The first kappa shape index (κ1) is 38.5. The van der Waals surface area contributed by atoms with Crippen molar-refractivity contribution in [3.63, 3.8) is 0 Å². The third kappa shape index (κ3) is 6.57. The molecule has 12 rings (SSSR count). The molecule has 0 unspecified atom stereocenters.